The molecular weight excluding hydrogens is 387 g/mol. The van der Waals surface area contributed by atoms with Crippen LogP contribution in [0.25, 0.3) is 5.57 Å². The zero-order chi connectivity index (χ0) is 21.3. The molecule has 158 valence electrons. The van der Waals surface area contributed by atoms with Crippen LogP contribution in [0.5, 0.6) is 11.5 Å². The smallest absolute Gasteiger partial charge is 0.248 e. The number of allylic oxidation sites excluding steroid dienone is 3. The number of aliphatic imine (C=N–C) groups is 1. The first kappa shape index (κ1) is 21.3. The van der Waals surface area contributed by atoms with Gasteiger partial charge in [0.05, 0.1) is 6.20 Å². The molecule has 1 aliphatic heterocycles. The van der Waals surface area contributed by atoms with Crippen molar-refractivity contribution in [3.63, 3.8) is 0 Å². The number of aryl methyl sites for hydroxylation is 1. The van der Waals surface area contributed by atoms with E-state index in [0.29, 0.717) is 47.1 Å². The third kappa shape index (κ3) is 5.34. The summed E-state index contributed by atoms with van der Waals surface area (Å²) < 4.78 is 26.6. The Morgan fingerprint density at radius 2 is 2.10 bits per heavy atom. The van der Waals surface area contributed by atoms with E-state index in [0.717, 1.165) is 13.0 Å². The molecule has 1 aromatic heterocycles. The normalized spacial score (nSPS) is 14.2. The van der Waals surface area contributed by atoms with Crippen molar-refractivity contribution >= 4 is 23.4 Å². The lowest BCUT2D eigenvalue weighted by Crippen LogP contribution is -2.16. The highest BCUT2D eigenvalue weighted by Crippen LogP contribution is 2.32. The summed E-state index contributed by atoms with van der Waals surface area (Å²) in [6, 6.07) is 5.19. The number of benzene rings is 1. The maximum Gasteiger partial charge on any atom is 0.248 e. The van der Waals surface area contributed by atoms with Crippen LogP contribution in [-0.2, 0) is 11.3 Å². The number of halogens is 1. The van der Waals surface area contributed by atoms with E-state index in [9.17, 15) is 9.18 Å². The van der Waals surface area contributed by atoms with Gasteiger partial charge in [-0.2, -0.15) is 5.10 Å². The minimum absolute atomic E-state index is 0.353. The minimum Gasteiger partial charge on any atom is -0.486 e. The number of anilines is 1. The van der Waals surface area contributed by atoms with Gasteiger partial charge in [-0.05, 0) is 30.2 Å². The van der Waals surface area contributed by atoms with E-state index in [4.69, 9.17) is 9.47 Å². The van der Waals surface area contributed by atoms with Crippen LogP contribution >= 0.6 is 0 Å². The van der Waals surface area contributed by atoms with Crippen LogP contribution in [0.2, 0.25) is 0 Å². The number of carbonyl (C=O) groups is 1. The quantitative estimate of drug-likeness (QED) is 0.408. The van der Waals surface area contributed by atoms with Gasteiger partial charge in [-0.25, -0.2) is 4.39 Å². The molecule has 0 unspecified atom stereocenters. The number of hydrogen-bond donors (Lipinski definition) is 1. The largest absolute Gasteiger partial charge is 0.486 e. The van der Waals surface area contributed by atoms with E-state index >= 15 is 0 Å². The lowest BCUT2D eigenvalue weighted by molar-refractivity contribution is -0.111. The topological polar surface area (TPSA) is 77.7 Å². The number of ether oxygens (including phenoxy) is 2. The molecule has 0 bridgehead atoms. The van der Waals surface area contributed by atoms with Gasteiger partial charge in [0.1, 0.15) is 19.9 Å². The average molecular weight is 412 g/mol. The summed E-state index contributed by atoms with van der Waals surface area (Å²) in [5.41, 5.74) is 2.17. The molecule has 1 amide bonds. The van der Waals surface area contributed by atoms with Crippen molar-refractivity contribution in [1.82, 2.24) is 9.78 Å². The zero-order valence-electron chi connectivity index (χ0n) is 17.1. The van der Waals surface area contributed by atoms with Gasteiger partial charge in [0, 0.05) is 55.0 Å². The van der Waals surface area contributed by atoms with Gasteiger partial charge in [-0.15, -0.1) is 0 Å². The average Bonchev–Trinajstić information content (AvgIpc) is 3.21. The molecule has 0 fully saturated rings. The Morgan fingerprint density at radius 3 is 2.83 bits per heavy atom. The van der Waals surface area contributed by atoms with Gasteiger partial charge in [0.2, 0.25) is 5.91 Å². The Bertz CT molecular complexity index is 979. The standard InChI is InChI=1S/C22H25FN4O3/c1-3-8-27-15-17(14-25-27)19(12-23)16(13-24-2)4-7-22(28)26-18-5-6-20-21(11-18)30-10-9-29-20/h4-7,11,13-15H,3,8-10,12H2,1-2H3,(H,26,28)/b7-4+,19-16+,24-13-. The molecule has 3 rings (SSSR count). The van der Waals surface area contributed by atoms with Crippen molar-refractivity contribution in [3.05, 3.63) is 53.9 Å². The second kappa shape index (κ2) is 10.4. The molecule has 1 aliphatic rings. The Balaban J connectivity index is 1.77. The zero-order valence-corrected chi connectivity index (χ0v) is 17.1. The van der Waals surface area contributed by atoms with Crippen molar-refractivity contribution in [2.24, 2.45) is 4.99 Å². The van der Waals surface area contributed by atoms with E-state index in [1.807, 2.05) is 6.92 Å². The maximum absolute atomic E-state index is 13.8. The molecular formula is C22H25FN4O3. The van der Waals surface area contributed by atoms with E-state index in [-0.39, 0.29) is 5.91 Å². The van der Waals surface area contributed by atoms with Crippen LogP contribution in [-0.4, -0.2) is 48.8 Å². The van der Waals surface area contributed by atoms with Crippen LogP contribution in [0, 0.1) is 0 Å². The Kier molecular flexibility index (Phi) is 7.37. The molecule has 1 aromatic carbocycles. The molecule has 0 saturated carbocycles. The molecule has 30 heavy (non-hydrogen) atoms. The molecule has 0 atom stereocenters. The first-order chi connectivity index (χ1) is 14.6. The third-order valence-electron chi connectivity index (χ3n) is 4.41. The summed E-state index contributed by atoms with van der Waals surface area (Å²) in [5, 5.41) is 7.02. The highest BCUT2D eigenvalue weighted by molar-refractivity contribution is 6.02. The first-order valence-corrected chi connectivity index (χ1v) is 9.77. The predicted octanol–water partition coefficient (Wildman–Crippen LogP) is 3.68. The third-order valence-corrected chi connectivity index (χ3v) is 4.41. The summed E-state index contributed by atoms with van der Waals surface area (Å²) in [6.45, 7) is 3.07. The highest BCUT2D eigenvalue weighted by atomic mass is 19.1. The van der Waals surface area contributed by atoms with Gasteiger partial charge in [0.15, 0.2) is 11.5 Å². The Hall–Kier alpha value is -3.42. The predicted molar refractivity (Wildman–Crippen MR) is 115 cm³/mol. The Labute approximate surface area is 174 Å². The molecule has 1 N–H and O–H groups in total. The van der Waals surface area contributed by atoms with Gasteiger partial charge in [0.25, 0.3) is 0 Å². The van der Waals surface area contributed by atoms with Crippen LogP contribution in [0.1, 0.15) is 18.9 Å². The molecule has 0 aliphatic carbocycles. The molecule has 0 spiro atoms. The van der Waals surface area contributed by atoms with E-state index in [2.05, 4.69) is 15.4 Å². The van der Waals surface area contributed by atoms with Crippen LogP contribution in [0.4, 0.5) is 10.1 Å². The minimum atomic E-state index is -0.701. The summed E-state index contributed by atoms with van der Waals surface area (Å²) in [4.78, 5) is 16.4. The van der Waals surface area contributed by atoms with Crippen molar-refractivity contribution in [1.29, 1.82) is 0 Å². The van der Waals surface area contributed by atoms with Gasteiger partial charge in [-0.3, -0.25) is 14.5 Å². The number of nitrogens with zero attached hydrogens (tertiary/aromatic N) is 3. The number of alkyl halides is 1. The molecule has 2 aromatic rings. The Morgan fingerprint density at radius 1 is 1.30 bits per heavy atom. The number of nitrogens with one attached hydrogen (secondary N) is 1. The highest BCUT2D eigenvalue weighted by Gasteiger charge is 2.13. The van der Waals surface area contributed by atoms with Gasteiger partial charge >= 0.3 is 0 Å². The fourth-order valence-corrected chi connectivity index (χ4v) is 3.02. The maximum atomic E-state index is 13.8. The molecule has 8 heteroatoms. The van der Waals surface area contributed by atoms with E-state index < -0.39 is 6.67 Å². The lowest BCUT2D eigenvalue weighted by Gasteiger charge is -2.18. The van der Waals surface area contributed by atoms with Crippen molar-refractivity contribution in [2.45, 2.75) is 19.9 Å². The van der Waals surface area contributed by atoms with Crippen molar-refractivity contribution in [3.8, 4) is 11.5 Å². The molecule has 7 nitrogen and oxygen atoms in total. The van der Waals surface area contributed by atoms with Crippen molar-refractivity contribution in [2.75, 3.05) is 32.3 Å². The van der Waals surface area contributed by atoms with Gasteiger partial charge in [-0.1, -0.05) is 6.92 Å². The van der Waals surface area contributed by atoms with E-state index in [1.165, 1.54) is 12.3 Å². The summed E-state index contributed by atoms with van der Waals surface area (Å²) >= 11 is 0. The fraction of sp³-hybridized carbons (Fsp3) is 0.318. The number of fused-ring (bicyclic) bond motifs is 1. The summed E-state index contributed by atoms with van der Waals surface area (Å²) in [6.07, 6.45) is 8.77. The second-order valence-electron chi connectivity index (χ2n) is 6.63. The fourth-order valence-electron chi connectivity index (χ4n) is 3.02. The number of aromatic nitrogens is 2. The van der Waals surface area contributed by atoms with Gasteiger partial charge < -0.3 is 14.8 Å². The number of hydrogen-bond acceptors (Lipinski definition) is 5. The molecule has 2 heterocycles. The lowest BCUT2D eigenvalue weighted by atomic mass is 10.0. The van der Waals surface area contributed by atoms with Crippen LogP contribution < -0.4 is 14.8 Å². The van der Waals surface area contributed by atoms with Crippen molar-refractivity contribution < 1.29 is 18.7 Å². The van der Waals surface area contributed by atoms with Crippen LogP contribution in [0.15, 0.2) is 53.3 Å². The first-order valence-electron chi connectivity index (χ1n) is 9.77. The number of amides is 1. The monoisotopic (exact) mass is 412 g/mol. The second-order valence-corrected chi connectivity index (χ2v) is 6.63. The van der Waals surface area contributed by atoms with E-state index in [1.54, 1.807) is 48.4 Å². The van der Waals surface area contributed by atoms with Crippen LogP contribution in [0.3, 0.4) is 0 Å². The number of rotatable bonds is 8. The molecule has 0 saturated heterocycles. The molecule has 0 radical (unpaired) electrons. The summed E-state index contributed by atoms with van der Waals surface area (Å²) in [5.74, 6) is 0.884. The summed E-state index contributed by atoms with van der Waals surface area (Å²) in [7, 11) is 1.60. The number of carbonyl (C=O) groups excluding carboxylic acids is 1. The SMILES string of the molecule is CCCn1cc(/C(CF)=C(/C=N\C)\C=C\C(=O)Nc2ccc3c(c2)OCCO3)cn1.